The number of thiocyanates is 1. The van der Waals surface area contributed by atoms with Crippen LogP contribution in [0.2, 0.25) is 0 Å². The van der Waals surface area contributed by atoms with Crippen molar-refractivity contribution >= 4 is 39.1 Å². The molecule has 0 saturated carbocycles. The summed E-state index contributed by atoms with van der Waals surface area (Å²) in [7, 11) is -4.44. The van der Waals surface area contributed by atoms with Gasteiger partial charge >= 0.3 is 10.1 Å². The van der Waals surface area contributed by atoms with Crippen LogP contribution in [0.3, 0.4) is 0 Å². The standard InChI is InChI=1S/C7H4Cl2N4O3S/c8-5-3-7(9,16-17(14,15)4-10)13-6(12-5)1-2-11-13/h1-3,12H. The second kappa shape index (κ2) is 3.89. The molecule has 1 aliphatic rings. The highest BCUT2D eigenvalue weighted by atomic mass is 35.5. The molecule has 1 N–H and O–H groups in total. The molecule has 7 nitrogen and oxygen atoms in total. The van der Waals surface area contributed by atoms with Crippen LogP contribution in [-0.4, -0.2) is 18.2 Å². The van der Waals surface area contributed by atoms with Gasteiger partial charge in [-0.2, -0.15) is 23.5 Å². The third-order valence-corrected chi connectivity index (χ3v) is 3.16. The van der Waals surface area contributed by atoms with Gasteiger partial charge in [0.25, 0.3) is 5.18 Å². The zero-order chi connectivity index (χ0) is 12.7. The first-order valence-corrected chi connectivity index (χ1v) is 6.28. The number of hydrogen-bond acceptors (Lipinski definition) is 6. The Morgan fingerprint density at radius 2 is 2.35 bits per heavy atom. The molecule has 0 saturated heterocycles. The molecule has 0 spiro atoms. The van der Waals surface area contributed by atoms with Gasteiger partial charge in [0.2, 0.25) is 5.40 Å². The van der Waals surface area contributed by atoms with Crippen LogP contribution in [0.5, 0.6) is 0 Å². The summed E-state index contributed by atoms with van der Waals surface area (Å²) in [5.74, 6) is 0.334. The number of fused-ring (bicyclic) bond motifs is 1. The van der Waals surface area contributed by atoms with Crippen LogP contribution in [0.25, 0.3) is 0 Å². The molecule has 2 heterocycles. The highest BCUT2D eigenvalue weighted by molar-refractivity contribution is 7.91. The first-order chi connectivity index (χ1) is 7.86. The van der Waals surface area contributed by atoms with Crippen LogP contribution in [0.4, 0.5) is 5.82 Å². The minimum atomic E-state index is -4.44. The second-order valence-corrected chi connectivity index (χ2v) is 5.19. The highest BCUT2D eigenvalue weighted by Gasteiger charge is 2.40. The quantitative estimate of drug-likeness (QED) is 0.288. The van der Waals surface area contributed by atoms with Crippen molar-refractivity contribution in [2.75, 3.05) is 5.32 Å². The topological polar surface area (TPSA) is 97.0 Å². The molecule has 90 valence electrons. The van der Waals surface area contributed by atoms with Crippen molar-refractivity contribution in [3.63, 3.8) is 0 Å². The Kier molecular flexibility index (Phi) is 2.79. The summed E-state index contributed by atoms with van der Waals surface area (Å²) in [4.78, 5) is 0. The summed E-state index contributed by atoms with van der Waals surface area (Å²) in [5.41, 5.74) is 0. The number of halogens is 2. The molecule has 0 amide bonds. The number of rotatable bonds is 2. The second-order valence-electron chi connectivity index (χ2n) is 2.98. The maximum absolute atomic E-state index is 11.1. The van der Waals surface area contributed by atoms with Gasteiger partial charge in [-0.3, -0.25) is 0 Å². The van der Waals surface area contributed by atoms with Gasteiger partial charge < -0.3 is 5.32 Å². The van der Waals surface area contributed by atoms with E-state index in [2.05, 4.69) is 14.6 Å². The molecular weight excluding hydrogens is 291 g/mol. The molecule has 1 atom stereocenters. The predicted octanol–water partition coefficient (Wildman–Crippen LogP) is 1.07. The van der Waals surface area contributed by atoms with Gasteiger partial charge in [0.05, 0.1) is 6.20 Å². The molecule has 0 aromatic carbocycles. The van der Waals surface area contributed by atoms with Crippen LogP contribution < -0.4 is 5.32 Å². The molecule has 1 aromatic rings. The Morgan fingerprint density at radius 1 is 1.65 bits per heavy atom. The van der Waals surface area contributed by atoms with Crippen molar-refractivity contribution in [1.82, 2.24) is 9.78 Å². The fourth-order valence-electron chi connectivity index (χ4n) is 1.25. The number of nitrogens with zero attached hydrogens (tertiary/aromatic N) is 3. The van der Waals surface area contributed by atoms with Crippen molar-refractivity contribution < 1.29 is 12.6 Å². The summed E-state index contributed by atoms with van der Waals surface area (Å²) in [6.07, 6.45) is 2.44. The largest absolute Gasteiger partial charge is 0.366 e. The molecule has 17 heavy (non-hydrogen) atoms. The van der Waals surface area contributed by atoms with E-state index in [1.807, 2.05) is 0 Å². The Hall–Kier alpha value is -1.27. The average molecular weight is 295 g/mol. The van der Waals surface area contributed by atoms with E-state index in [1.165, 1.54) is 12.3 Å². The SMILES string of the molecule is N#CS(=O)(=O)OC1(Cl)C=C(Cl)Nc2ccnn21. The van der Waals surface area contributed by atoms with E-state index in [0.29, 0.717) is 5.82 Å². The van der Waals surface area contributed by atoms with E-state index in [0.717, 1.165) is 16.2 Å². The maximum Gasteiger partial charge on any atom is 0.366 e. The lowest BCUT2D eigenvalue weighted by Gasteiger charge is -2.28. The number of hydrogen-bond donors (Lipinski definition) is 1. The van der Waals surface area contributed by atoms with E-state index in [9.17, 15) is 8.42 Å². The van der Waals surface area contributed by atoms with Crippen LogP contribution in [-0.2, 0) is 19.5 Å². The molecule has 10 heteroatoms. The number of nitriles is 1. The minimum Gasteiger partial charge on any atom is -0.331 e. The Morgan fingerprint density at radius 3 is 3.00 bits per heavy atom. The lowest BCUT2D eigenvalue weighted by atomic mass is 10.4. The molecule has 0 bridgehead atoms. The number of nitrogens with one attached hydrogen (secondary N) is 1. The summed E-state index contributed by atoms with van der Waals surface area (Å²) >= 11 is 11.7. The molecule has 1 unspecified atom stereocenters. The third-order valence-electron chi connectivity index (χ3n) is 1.82. The fourth-order valence-corrected chi connectivity index (χ4v) is 2.51. The molecule has 1 aliphatic heterocycles. The van der Waals surface area contributed by atoms with Crippen LogP contribution in [0.1, 0.15) is 0 Å². The predicted molar refractivity (Wildman–Crippen MR) is 59.2 cm³/mol. The lowest BCUT2D eigenvalue weighted by molar-refractivity contribution is 0.130. The van der Waals surface area contributed by atoms with Crippen molar-refractivity contribution in [3.8, 4) is 5.40 Å². The van der Waals surface area contributed by atoms with Crippen molar-refractivity contribution in [2.45, 2.75) is 5.18 Å². The van der Waals surface area contributed by atoms with Gasteiger partial charge in [0.15, 0.2) is 0 Å². The van der Waals surface area contributed by atoms with E-state index in [-0.39, 0.29) is 5.16 Å². The first-order valence-electron chi connectivity index (χ1n) is 4.11. The van der Waals surface area contributed by atoms with Gasteiger partial charge in [0.1, 0.15) is 11.0 Å². The summed E-state index contributed by atoms with van der Waals surface area (Å²) in [6, 6.07) is 1.51. The zero-order valence-corrected chi connectivity index (χ0v) is 10.3. The van der Waals surface area contributed by atoms with E-state index in [1.54, 1.807) is 0 Å². The highest BCUT2D eigenvalue weighted by Crippen LogP contribution is 2.36. The summed E-state index contributed by atoms with van der Waals surface area (Å²) < 4.78 is 27.8. The van der Waals surface area contributed by atoms with Crippen LogP contribution in [0.15, 0.2) is 23.5 Å². The van der Waals surface area contributed by atoms with Crippen molar-refractivity contribution in [3.05, 3.63) is 23.5 Å². The Balaban J connectivity index is 2.50. The summed E-state index contributed by atoms with van der Waals surface area (Å²) in [5, 5.41) is 13.9. The number of alkyl halides is 1. The van der Waals surface area contributed by atoms with E-state index in [4.69, 9.17) is 28.5 Å². The maximum atomic E-state index is 11.1. The van der Waals surface area contributed by atoms with Gasteiger partial charge in [-0.25, -0.2) is 4.18 Å². The first kappa shape index (κ1) is 12.2. The van der Waals surface area contributed by atoms with E-state index >= 15 is 0 Å². The van der Waals surface area contributed by atoms with Gasteiger partial charge in [-0.15, -0.1) is 0 Å². The van der Waals surface area contributed by atoms with Crippen molar-refractivity contribution in [2.24, 2.45) is 0 Å². The lowest BCUT2D eigenvalue weighted by Crippen LogP contribution is -2.35. The zero-order valence-electron chi connectivity index (χ0n) is 7.96. The molecule has 1 aromatic heterocycles. The molecule has 2 rings (SSSR count). The van der Waals surface area contributed by atoms with E-state index < -0.39 is 15.3 Å². The molecular formula is C7H4Cl2N4O3S. The number of anilines is 1. The van der Waals surface area contributed by atoms with Gasteiger partial charge in [-0.1, -0.05) is 23.2 Å². The monoisotopic (exact) mass is 294 g/mol. The number of aromatic nitrogens is 2. The average Bonchev–Trinajstić information content (AvgIpc) is 2.64. The minimum absolute atomic E-state index is 0.0566. The Labute approximate surface area is 106 Å². The van der Waals surface area contributed by atoms with Gasteiger partial charge in [-0.05, 0) is 0 Å². The van der Waals surface area contributed by atoms with Crippen LogP contribution in [0, 0.1) is 10.7 Å². The third kappa shape index (κ3) is 2.23. The normalized spacial score (nSPS) is 23.2. The summed E-state index contributed by atoms with van der Waals surface area (Å²) in [6.45, 7) is 0. The molecule has 0 aliphatic carbocycles. The molecule has 0 radical (unpaired) electrons. The Bertz CT molecular complexity index is 632. The van der Waals surface area contributed by atoms with Gasteiger partial charge in [0, 0.05) is 12.1 Å². The fraction of sp³-hybridized carbons (Fsp3) is 0.143. The van der Waals surface area contributed by atoms with Crippen LogP contribution >= 0.6 is 23.2 Å². The smallest absolute Gasteiger partial charge is 0.331 e. The molecule has 0 fully saturated rings. The van der Waals surface area contributed by atoms with Crippen molar-refractivity contribution in [1.29, 1.82) is 5.26 Å².